The fourth-order valence-corrected chi connectivity index (χ4v) is 2.52. The largest absolute Gasteiger partial charge is 0.353 e. The van der Waals surface area contributed by atoms with Crippen LogP contribution in [0.2, 0.25) is 0 Å². The molecule has 0 fully saturated rings. The summed E-state index contributed by atoms with van der Waals surface area (Å²) in [7, 11) is 0. The molecule has 0 atom stereocenters. The second-order valence-corrected chi connectivity index (χ2v) is 6.27. The number of nitrogens with zero attached hydrogens (tertiary/aromatic N) is 2. The number of nitrogens with one attached hydrogen (secondary N) is 2. The van der Waals surface area contributed by atoms with Crippen LogP contribution in [-0.2, 0) is 4.79 Å². The lowest BCUT2D eigenvalue weighted by molar-refractivity contribution is -0.384. The van der Waals surface area contributed by atoms with E-state index in [1.807, 2.05) is 0 Å². The summed E-state index contributed by atoms with van der Waals surface area (Å²) in [5.74, 6) is -0.823. The van der Waals surface area contributed by atoms with E-state index < -0.39 is 10.8 Å². The van der Waals surface area contributed by atoms with Crippen LogP contribution in [0.1, 0.15) is 38.1 Å². The molecule has 0 aliphatic carbocycles. The number of nitro benzene ring substituents is 1. The van der Waals surface area contributed by atoms with Crippen LogP contribution in [0.15, 0.2) is 24.3 Å². The molecule has 0 radical (unpaired) electrons. The Hall–Kier alpha value is -2.48. The van der Waals surface area contributed by atoms with Gasteiger partial charge in [-0.25, -0.2) is 0 Å². The van der Waals surface area contributed by atoms with Gasteiger partial charge in [0.25, 0.3) is 11.6 Å². The molecule has 8 heteroatoms. The van der Waals surface area contributed by atoms with Crippen molar-refractivity contribution in [2.75, 3.05) is 19.6 Å². The van der Waals surface area contributed by atoms with Crippen LogP contribution in [0.3, 0.4) is 0 Å². The molecule has 1 aromatic carbocycles. The van der Waals surface area contributed by atoms with Gasteiger partial charge in [0.1, 0.15) is 0 Å². The predicted molar refractivity (Wildman–Crippen MR) is 95.4 cm³/mol. The van der Waals surface area contributed by atoms with E-state index in [2.05, 4.69) is 43.2 Å². The highest BCUT2D eigenvalue weighted by molar-refractivity contribution is 5.96. The molecular formula is C17H26N4O4. The van der Waals surface area contributed by atoms with E-state index in [1.165, 1.54) is 24.3 Å². The molecule has 0 bridgehead atoms. The number of non-ortho nitro benzene ring substituents is 1. The highest BCUT2D eigenvalue weighted by Crippen LogP contribution is 2.12. The van der Waals surface area contributed by atoms with Crippen molar-refractivity contribution < 1.29 is 14.5 Å². The minimum absolute atomic E-state index is 0.146. The second kappa shape index (κ2) is 9.73. The van der Waals surface area contributed by atoms with Crippen LogP contribution in [0.5, 0.6) is 0 Å². The van der Waals surface area contributed by atoms with E-state index in [4.69, 9.17) is 0 Å². The zero-order valence-corrected chi connectivity index (χ0v) is 15.1. The predicted octanol–water partition coefficient (Wildman–Crippen LogP) is 1.56. The fraction of sp³-hybridized carbons (Fsp3) is 0.529. The number of nitro groups is 1. The average Bonchev–Trinajstić information content (AvgIpc) is 2.55. The van der Waals surface area contributed by atoms with E-state index in [0.717, 1.165) is 6.54 Å². The van der Waals surface area contributed by atoms with Crippen LogP contribution in [-0.4, -0.2) is 53.4 Å². The summed E-state index contributed by atoms with van der Waals surface area (Å²) in [6.07, 6.45) is 0. The van der Waals surface area contributed by atoms with Crippen molar-refractivity contribution in [3.05, 3.63) is 39.9 Å². The molecule has 0 saturated carbocycles. The molecule has 2 N–H and O–H groups in total. The third-order valence-electron chi connectivity index (χ3n) is 3.75. The Bertz CT molecular complexity index is 608. The number of hydrogen-bond donors (Lipinski definition) is 2. The summed E-state index contributed by atoms with van der Waals surface area (Å²) in [4.78, 5) is 36.2. The van der Waals surface area contributed by atoms with Crippen LogP contribution in [0.4, 0.5) is 5.69 Å². The number of carbonyl (C=O) groups is 2. The third kappa shape index (κ3) is 6.88. The molecule has 1 aromatic rings. The van der Waals surface area contributed by atoms with Gasteiger partial charge in [0, 0.05) is 42.9 Å². The van der Waals surface area contributed by atoms with E-state index in [-0.39, 0.29) is 23.7 Å². The number of carbonyl (C=O) groups excluding carboxylic acids is 2. The van der Waals surface area contributed by atoms with E-state index in [1.54, 1.807) is 0 Å². The molecule has 25 heavy (non-hydrogen) atoms. The zero-order chi connectivity index (χ0) is 19.0. The molecule has 0 aliphatic rings. The summed E-state index contributed by atoms with van der Waals surface area (Å²) < 4.78 is 0. The molecule has 0 aliphatic heterocycles. The van der Waals surface area contributed by atoms with Crippen molar-refractivity contribution in [1.29, 1.82) is 0 Å². The molecule has 138 valence electrons. The van der Waals surface area contributed by atoms with Gasteiger partial charge in [-0.05, 0) is 33.8 Å². The highest BCUT2D eigenvalue weighted by atomic mass is 16.6. The zero-order valence-electron chi connectivity index (χ0n) is 15.1. The lowest BCUT2D eigenvalue weighted by atomic mass is 10.2. The molecule has 0 aromatic heterocycles. The molecule has 0 spiro atoms. The summed E-state index contributed by atoms with van der Waals surface area (Å²) in [5, 5.41) is 15.9. The first-order valence-corrected chi connectivity index (χ1v) is 8.27. The second-order valence-electron chi connectivity index (χ2n) is 6.27. The van der Waals surface area contributed by atoms with Crippen molar-refractivity contribution in [3.63, 3.8) is 0 Å². The topological polar surface area (TPSA) is 105 Å². The molecular weight excluding hydrogens is 324 g/mol. The van der Waals surface area contributed by atoms with Gasteiger partial charge >= 0.3 is 0 Å². The number of amides is 2. The monoisotopic (exact) mass is 350 g/mol. The Balaban J connectivity index is 2.42. The average molecular weight is 350 g/mol. The maximum atomic E-state index is 12.0. The smallest absolute Gasteiger partial charge is 0.270 e. The van der Waals surface area contributed by atoms with E-state index >= 15 is 0 Å². The Labute approximate surface area is 147 Å². The Morgan fingerprint density at radius 3 is 2.36 bits per heavy atom. The van der Waals surface area contributed by atoms with Crippen LogP contribution in [0, 0.1) is 10.1 Å². The number of hydrogen-bond acceptors (Lipinski definition) is 5. The first kappa shape index (κ1) is 20.6. The summed E-state index contributed by atoms with van der Waals surface area (Å²) in [5.41, 5.74) is -0.0210. The molecule has 0 heterocycles. The number of rotatable bonds is 9. The van der Waals surface area contributed by atoms with Gasteiger partial charge in [-0.3, -0.25) is 24.6 Å². The Morgan fingerprint density at radius 2 is 1.80 bits per heavy atom. The maximum absolute atomic E-state index is 12.0. The molecule has 8 nitrogen and oxygen atoms in total. The lowest BCUT2D eigenvalue weighted by Crippen LogP contribution is -2.44. The van der Waals surface area contributed by atoms with E-state index in [9.17, 15) is 19.7 Å². The quantitative estimate of drug-likeness (QED) is 0.519. The van der Waals surface area contributed by atoms with Gasteiger partial charge in [-0.1, -0.05) is 6.07 Å². The molecule has 1 rings (SSSR count). The molecule has 0 unspecified atom stereocenters. The maximum Gasteiger partial charge on any atom is 0.270 e. The minimum Gasteiger partial charge on any atom is -0.353 e. The van der Waals surface area contributed by atoms with Crippen molar-refractivity contribution in [1.82, 2.24) is 15.5 Å². The first-order valence-electron chi connectivity index (χ1n) is 8.27. The van der Waals surface area contributed by atoms with Gasteiger partial charge < -0.3 is 10.6 Å². The van der Waals surface area contributed by atoms with Crippen LogP contribution in [0.25, 0.3) is 0 Å². The highest BCUT2D eigenvalue weighted by Gasteiger charge is 2.14. The van der Waals surface area contributed by atoms with Crippen LogP contribution < -0.4 is 10.6 Å². The fourth-order valence-electron chi connectivity index (χ4n) is 2.52. The van der Waals surface area contributed by atoms with Gasteiger partial charge in [-0.15, -0.1) is 0 Å². The summed E-state index contributed by atoms with van der Waals surface area (Å²) in [6.45, 7) is 9.43. The van der Waals surface area contributed by atoms with Gasteiger partial charge in [0.05, 0.1) is 11.5 Å². The SMILES string of the molecule is CC(C)N(CCNC(=O)CNC(=O)c1cccc([N+](=O)[O-])c1)C(C)C. The Kier molecular flexibility index (Phi) is 8.00. The van der Waals surface area contributed by atoms with Gasteiger partial charge in [0.15, 0.2) is 0 Å². The Morgan fingerprint density at radius 1 is 1.16 bits per heavy atom. The normalized spacial score (nSPS) is 11.0. The van der Waals surface area contributed by atoms with Gasteiger partial charge in [-0.2, -0.15) is 0 Å². The third-order valence-corrected chi connectivity index (χ3v) is 3.75. The van der Waals surface area contributed by atoms with E-state index in [0.29, 0.717) is 18.6 Å². The lowest BCUT2D eigenvalue weighted by Gasteiger charge is -2.30. The van der Waals surface area contributed by atoms with Crippen molar-refractivity contribution in [3.8, 4) is 0 Å². The molecule has 2 amide bonds. The standard InChI is InChI=1S/C17H26N4O4/c1-12(2)20(13(3)4)9-8-18-16(22)11-19-17(23)14-6-5-7-15(10-14)21(24)25/h5-7,10,12-13H,8-9,11H2,1-4H3,(H,18,22)(H,19,23). The van der Waals surface area contributed by atoms with Crippen LogP contribution >= 0.6 is 0 Å². The summed E-state index contributed by atoms with van der Waals surface area (Å²) >= 11 is 0. The minimum atomic E-state index is -0.571. The summed E-state index contributed by atoms with van der Waals surface area (Å²) in [6, 6.07) is 6.13. The molecule has 0 saturated heterocycles. The van der Waals surface area contributed by atoms with Gasteiger partial charge in [0.2, 0.25) is 5.91 Å². The first-order chi connectivity index (χ1) is 11.7. The van der Waals surface area contributed by atoms with Crippen molar-refractivity contribution in [2.45, 2.75) is 39.8 Å². The van der Waals surface area contributed by atoms with Crippen molar-refractivity contribution in [2.24, 2.45) is 0 Å². The number of benzene rings is 1. The van der Waals surface area contributed by atoms with Crippen molar-refractivity contribution >= 4 is 17.5 Å².